The highest BCUT2D eigenvalue weighted by atomic mass is 16.7. The molecule has 1 aliphatic heterocycles. The summed E-state index contributed by atoms with van der Waals surface area (Å²) in [5.41, 5.74) is 0.145. The van der Waals surface area contributed by atoms with Crippen LogP contribution in [0.2, 0.25) is 0 Å². The van der Waals surface area contributed by atoms with Crippen LogP contribution in [0.25, 0.3) is 0 Å². The highest BCUT2D eigenvalue weighted by Gasteiger charge is 2.45. The fourth-order valence-corrected chi connectivity index (χ4v) is 2.62. The summed E-state index contributed by atoms with van der Waals surface area (Å²) >= 11 is 0. The topological polar surface area (TPSA) is 194 Å². The summed E-state index contributed by atoms with van der Waals surface area (Å²) in [6, 6.07) is -1.44. The number of carboxylic acid groups (broad SMARTS) is 2. The Morgan fingerprint density at radius 2 is 2.04 bits per heavy atom. The molecular formula is C14H21N3O10. The fourth-order valence-electron chi connectivity index (χ4n) is 2.62. The fraction of sp³-hybridized carbons (Fsp3) is 0.714. The van der Waals surface area contributed by atoms with E-state index in [0.717, 1.165) is 4.68 Å². The van der Waals surface area contributed by atoms with Crippen LogP contribution in [-0.2, 0) is 30.4 Å². The number of carbonyl (C=O) groups is 2. The summed E-state index contributed by atoms with van der Waals surface area (Å²) in [7, 11) is 1.27. The zero-order valence-corrected chi connectivity index (χ0v) is 14.3. The SMILES string of the molecule is CO[C@H]1O[C@H](CO)[C@H](O)[C@H](OCc2cn([C@@H](CC(=O)O)C(=O)O)nn2)[C@H]1O. The highest BCUT2D eigenvalue weighted by molar-refractivity contribution is 5.79. The first kappa shape index (κ1) is 21.1. The van der Waals surface area contributed by atoms with Gasteiger partial charge in [0.2, 0.25) is 0 Å². The molecule has 6 atom stereocenters. The monoisotopic (exact) mass is 391 g/mol. The number of carboxylic acids is 2. The molecular weight excluding hydrogens is 370 g/mol. The summed E-state index contributed by atoms with van der Waals surface area (Å²) in [5.74, 6) is -2.71. The molecule has 27 heavy (non-hydrogen) atoms. The molecule has 0 radical (unpaired) electrons. The van der Waals surface area contributed by atoms with E-state index in [1.807, 2.05) is 0 Å². The number of ether oxygens (including phenoxy) is 3. The molecule has 13 nitrogen and oxygen atoms in total. The number of hydrogen-bond donors (Lipinski definition) is 5. The molecule has 1 aliphatic rings. The van der Waals surface area contributed by atoms with Gasteiger partial charge in [0.25, 0.3) is 0 Å². The maximum Gasteiger partial charge on any atom is 0.329 e. The highest BCUT2D eigenvalue weighted by Crippen LogP contribution is 2.24. The van der Waals surface area contributed by atoms with E-state index in [4.69, 9.17) is 24.4 Å². The molecule has 0 aromatic carbocycles. The number of rotatable bonds is 9. The molecule has 1 aromatic rings. The third-order valence-corrected chi connectivity index (χ3v) is 4.01. The Balaban J connectivity index is 2.06. The Bertz CT molecular complexity index is 637. The quantitative estimate of drug-likeness (QED) is 0.294. The van der Waals surface area contributed by atoms with Gasteiger partial charge in [-0.2, -0.15) is 0 Å². The van der Waals surface area contributed by atoms with Crippen molar-refractivity contribution in [3.05, 3.63) is 11.9 Å². The van der Waals surface area contributed by atoms with Gasteiger partial charge in [-0.05, 0) is 0 Å². The lowest BCUT2D eigenvalue weighted by molar-refractivity contribution is -0.303. The zero-order valence-electron chi connectivity index (χ0n) is 14.3. The van der Waals surface area contributed by atoms with Crippen molar-refractivity contribution in [1.82, 2.24) is 15.0 Å². The summed E-state index contributed by atoms with van der Waals surface area (Å²) < 4.78 is 16.4. The molecule has 0 unspecified atom stereocenters. The van der Waals surface area contributed by atoms with Crippen LogP contribution in [-0.4, -0.2) is 96.9 Å². The number of methoxy groups -OCH3 is 1. The minimum atomic E-state index is -1.44. The van der Waals surface area contributed by atoms with E-state index < -0.39 is 61.7 Å². The van der Waals surface area contributed by atoms with Crippen LogP contribution < -0.4 is 0 Å². The van der Waals surface area contributed by atoms with Gasteiger partial charge in [0, 0.05) is 7.11 Å². The average molecular weight is 391 g/mol. The summed E-state index contributed by atoms with van der Waals surface area (Å²) in [6.07, 6.45) is -5.56. The molecule has 0 aliphatic carbocycles. The van der Waals surface area contributed by atoms with Crippen molar-refractivity contribution in [3.8, 4) is 0 Å². The van der Waals surface area contributed by atoms with Gasteiger partial charge in [-0.3, -0.25) is 4.79 Å². The molecule has 1 saturated heterocycles. The minimum Gasteiger partial charge on any atom is -0.481 e. The Labute approximate surface area is 152 Å². The molecule has 0 amide bonds. The zero-order chi connectivity index (χ0) is 20.1. The van der Waals surface area contributed by atoms with E-state index >= 15 is 0 Å². The molecule has 2 heterocycles. The number of aliphatic hydroxyl groups excluding tert-OH is 3. The third kappa shape index (κ3) is 4.97. The van der Waals surface area contributed by atoms with Gasteiger partial charge < -0.3 is 39.7 Å². The second-order valence-electron chi connectivity index (χ2n) is 5.86. The smallest absolute Gasteiger partial charge is 0.329 e. The lowest BCUT2D eigenvalue weighted by Crippen LogP contribution is -2.59. The van der Waals surface area contributed by atoms with E-state index in [9.17, 15) is 24.9 Å². The van der Waals surface area contributed by atoms with Gasteiger partial charge in [-0.1, -0.05) is 5.21 Å². The lowest BCUT2D eigenvalue weighted by atomic mass is 9.99. The Morgan fingerprint density at radius 3 is 2.59 bits per heavy atom. The molecule has 1 fully saturated rings. The van der Waals surface area contributed by atoms with E-state index in [0.29, 0.717) is 0 Å². The van der Waals surface area contributed by atoms with Crippen LogP contribution in [0.3, 0.4) is 0 Å². The van der Waals surface area contributed by atoms with E-state index in [1.165, 1.54) is 13.3 Å². The van der Waals surface area contributed by atoms with E-state index in [1.54, 1.807) is 0 Å². The van der Waals surface area contributed by atoms with Gasteiger partial charge in [-0.15, -0.1) is 5.10 Å². The van der Waals surface area contributed by atoms with Crippen LogP contribution >= 0.6 is 0 Å². The molecule has 0 bridgehead atoms. The predicted octanol–water partition coefficient (Wildman–Crippen LogP) is -2.65. The summed E-state index contributed by atoms with van der Waals surface area (Å²) in [5, 5.41) is 54.7. The Kier molecular flexibility index (Phi) is 7.18. The first-order valence-electron chi connectivity index (χ1n) is 7.90. The summed E-state index contributed by atoms with van der Waals surface area (Å²) in [6.45, 7) is -0.800. The first-order chi connectivity index (χ1) is 12.8. The lowest BCUT2D eigenvalue weighted by Gasteiger charge is -2.41. The third-order valence-electron chi connectivity index (χ3n) is 4.01. The van der Waals surface area contributed by atoms with Crippen LogP contribution in [0.15, 0.2) is 6.20 Å². The van der Waals surface area contributed by atoms with Gasteiger partial charge in [0.1, 0.15) is 30.1 Å². The molecule has 152 valence electrons. The second-order valence-corrected chi connectivity index (χ2v) is 5.86. The first-order valence-corrected chi connectivity index (χ1v) is 7.90. The standard InChI is InChI=1S/C14H21N3O10/c1-25-14-11(22)12(10(21)8(4-18)27-14)26-5-6-3-17(16-15-6)7(13(23)24)2-9(19)20/h3,7-8,10-12,14,18,21-22H,2,4-5H2,1H3,(H,19,20)(H,23,24)/t7-,8+,10-,11+,12-,14-/m0/s1. The maximum atomic E-state index is 11.2. The molecule has 13 heteroatoms. The number of hydrogen-bond acceptors (Lipinski definition) is 10. The van der Waals surface area contributed by atoms with Crippen LogP contribution in [0, 0.1) is 0 Å². The Hall–Kier alpha value is -2.16. The van der Waals surface area contributed by atoms with Gasteiger partial charge >= 0.3 is 11.9 Å². The molecule has 2 rings (SSSR count). The molecule has 1 aromatic heterocycles. The van der Waals surface area contributed by atoms with Crippen molar-refractivity contribution >= 4 is 11.9 Å². The van der Waals surface area contributed by atoms with Crippen molar-refractivity contribution in [2.45, 2.75) is 49.8 Å². The predicted molar refractivity (Wildman–Crippen MR) is 82.3 cm³/mol. The minimum absolute atomic E-state index is 0.145. The second kappa shape index (κ2) is 9.16. The number of aliphatic carboxylic acids is 2. The van der Waals surface area contributed by atoms with Crippen molar-refractivity contribution < 1.29 is 49.3 Å². The van der Waals surface area contributed by atoms with E-state index in [2.05, 4.69) is 10.3 Å². The number of aliphatic hydroxyl groups is 3. The molecule has 0 saturated carbocycles. The largest absolute Gasteiger partial charge is 0.481 e. The van der Waals surface area contributed by atoms with Gasteiger partial charge in [0.15, 0.2) is 12.3 Å². The van der Waals surface area contributed by atoms with Crippen molar-refractivity contribution in [2.75, 3.05) is 13.7 Å². The van der Waals surface area contributed by atoms with Crippen molar-refractivity contribution in [3.63, 3.8) is 0 Å². The van der Waals surface area contributed by atoms with Crippen LogP contribution in [0.5, 0.6) is 0 Å². The van der Waals surface area contributed by atoms with Crippen molar-refractivity contribution in [2.24, 2.45) is 0 Å². The van der Waals surface area contributed by atoms with Gasteiger partial charge in [-0.25, -0.2) is 9.48 Å². The van der Waals surface area contributed by atoms with E-state index in [-0.39, 0.29) is 12.3 Å². The van der Waals surface area contributed by atoms with Crippen molar-refractivity contribution in [1.29, 1.82) is 0 Å². The average Bonchev–Trinajstić information content (AvgIpc) is 3.08. The normalized spacial score (nSPS) is 29.4. The maximum absolute atomic E-state index is 11.2. The number of aromatic nitrogens is 3. The molecule has 0 spiro atoms. The van der Waals surface area contributed by atoms with Crippen LogP contribution in [0.4, 0.5) is 0 Å². The summed E-state index contributed by atoms with van der Waals surface area (Å²) in [4.78, 5) is 21.9. The number of nitrogens with zero attached hydrogens (tertiary/aromatic N) is 3. The Morgan fingerprint density at radius 1 is 1.33 bits per heavy atom. The molecule has 5 N–H and O–H groups in total. The van der Waals surface area contributed by atoms with Gasteiger partial charge in [0.05, 0.1) is 25.8 Å². The van der Waals surface area contributed by atoms with Crippen LogP contribution in [0.1, 0.15) is 18.2 Å².